The van der Waals surface area contributed by atoms with Gasteiger partial charge >= 0.3 is 0 Å². The van der Waals surface area contributed by atoms with Gasteiger partial charge in [0.15, 0.2) is 0 Å². The van der Waals surface area contributed by atoms with Crippen molar-refractivity contribution < 1.29 is 4.79 Å². The number of benzene rings is 2. The van der Waals surface area contributed by atoms with E-state index in [9.17, 15) is 4.79 Å². The van der Waals surface area contributed by atoms with Crippen molar-refractivity contribution in [1.82, 2.24) is 15.1 Å². The molecule has 1 saturated heterocycles. The number of hydrogen-bond acceptors (Lipinski definition) is 3. The summed E-state index contributed by atoms with van der Waals surface area (Å²) in [7, 11) is 1.69. The number of piperazine rings is 1. The smallest absolute Gasteiger partial charge is 0.233 e. The van der Waals surface area contributed by atoms with Gasteiger partial charge in [-0.3, -0.25) is 14.6 Å². The summed E-state index contributed by atoms with van der Waals surface area (Å²) >= 11 is 0. The Morgan fingerprint density at radius 3 is 1.88 bits per heavy atom. The summed E-state index contributed by atoms with van der Waals surface area (Å²) in [5, 5.41) is 2.70. The molecule has 24 heavy (non-hydrogen) atoms. The Morgan fingerprint density at radius 2 is 1.42 bits per heavy atom. The first-order valence-corrected chi connectivity index (χ1v) is 8.55. The average Bonchev–Trinajstić information content (AvgIpc) is 2.65. The molecule has 0 aromatic heterocycles. The number of amides is 1. The normalized spacial score (nSPS) is 16.2. The Morgan fingerprint density at radius 1 is 0.917 bits per heavy atom. The van der Waals surface area contributed by atoms with Gasteiger partial charge in [-0.15, -0.1) is 0 Å². The molecular weight excluding hydrogens is 298 g/mol. The maximum Gasteiger partial charge on any atom is 0.233 e. The second-order valence-corrected chi connectivity index (χ2v) is 6.21. The predicted octanol–water partition coefficient (Wildman–Crippen LogP) is 2.14. The number of nitrogens with one attached hydrogen (secondary N) is 1. The number of rotatable bonds is 5. The Labute approximate surface area is 144 Å². The van der Waals surface area contributed by atoms with Crippen LogP contribution in [0.25, 0.3) is 0 Å². The lowest BCUT2D eigenvalue weighted by Gasteiger charge is -2.39. The standard InChI is InChI=1S/C20H25N3O/c1-21-19(24)16-22-12-14-23(15-13-22)20(17-8-4-2-5-9-17)18-10-6-3-7-11-18/h2-11,20H,12-16H2,1H3,(H,21,24). The molecule has 2 aromatic rings. The number of carbonyl (C=O) groups is 1. The first kappa shape index (κ1) is 16.7. The van der Waals surface area contributed by atoms with Crippen molar-refractivity contribution in [2.45, 2.75) is 6.04 Å². The lowest BCUT2D eigenvalue weighted by molar-refractivity contribution is -0.122. The zero-order chi connectivity index (χ0) is 16.8. The Hall–Kier alpha value is -2.17. The lowest BCUT2D eigenvalue weighted by Crippen LogP contribution is -2.50. The molecule has 0 saturated carbocycles. The van der Waals surface area contributed by atoms with E-state index in [1.54, 1.807) is 7.05 Å². The number of carbonyl (C=O) groups excluding carboxylic acids is 1. The van der Waals surface area contributed by atoms with Gasteiger partial charge in [0.2, 0.25) is 5.91 Å². The van der Waals surface area contributed by atoms with Crippen LogP contribution >= 0.6 is 0 Å². The van der Waals surface area contributed by atoms with Crippen LogP contribution in [-0.4, -0.2) is 55.5 Å². The van der Waals surface area contributed by atoms with Crippen LogP contribution in [0.4, 0.5) is 0 Å². The molecule has 0 bridgehead atoms. The van der Waals surface area contributed by atoms with Gasteiger partial charge in [0, 0.05) is 33.2 Å². The van der Waals surface area contributed by atoms with E-state index in [2.05, 4.69) is 75.8 Å². The molecule has 0 spiro atoms. The average molecular weight is 323 g/mol. The number of nitrogens with zero attached hydrogens (tertiary/aromatic N) is 2. The van der Waals surface area contributed by atoms with Crippen LogP contribution < -0.4 is 5.32 Å². The summed E-state index contributed by atoms with van der Waals surface area (Å²) in [5.74, 6) is 0.0890. The van der Waals surface area contributed by atoms with E-state index in [0.717, 1.165) is 26.2 Å². The molecular formula is C20H25N3O. The fraction of sp³-hybridized carbons (Fsp3) is 0.350. The molecule has 0 radical (unpaired) electrons. The van der Waals surface area contributed by atoms with Crippen molar-refractivity contribution in [1.29, 1.82) is 0 Å². The number of hydrogen-bond donors (Lipinski definition) is 1. The van der Waals surface area contributed by atoms with Gasteiger partial charge in [-0.05, 0) is 11.1 Å². The minimum atomic E-state index is 0.0890. The highest BCUT2D eigenvalue weighted by molar-refractivity contribution is 5.77. The number of likely N-dealkylation sites (N-methyl/N-ethyl adjacent to an activating group) is 1. The van der Waals surface area contributed by atoms with Crippen LogP contribution in [0.2, 0.25) is 0 Å². The molecule has 1 amide bonds. The fourth-order valence-corrected chi connectivity index (χ4v) is 3.35. The van der Waals surface area contributed by atoms with Gasteiger partial charge in [0.05, 0.1) is 12.6 Å². The first-order chi connectivity index (χ1) is 11.8. The zero-order valence-corrected chi connectivity index (χ0v) is 14.2. The van der Waals surface area contributed by atoms with Crippen LogP contribution in [0, 0.1) is 0 Å². The summed E-state index contributed by atoms with van der Waals surface area (Å²) in [6.07, 6.45) is 0. The highest BCUT2D eigenvalue weighted by Gasteiger charge is 2.26. The molecule has 1 fully saturated rings. The molecule has 2 aromatic carbocycles. The van der Waals surface area contributed by atoms with Crippen molar-refractivity contribution in [3.05, 3.63) is 71.8 Å². The Kier molecular flexibility index (Phi) is 5.62. The lowest BCUT2D eigenvalue weighted by atomic mass is 9.96. The van der Waals surface area contributed by atoms with Gasteiger partial charge in [0.1, 0.15) is 0 Å². The molecule has 0 aliphatic carbocycles. The van der Waals surface area contributed by atoms with Gasteiger partial charge in [-0.25, -0.2) is 0 Å². The maximum absolute atomic E-state index is 11.6. The van der Waals surface area contributed by atoms with Gasteiger partial charge in [-0.1, -0.05) is 60.7 Å². The molecule has 0 unspecified atom stereocenters. The third-order valence-corrected chi connectivity index (χ3v) is 4.65. The highest BCUT2D eigenvalue weighted by atomic mass is 16.1. The molecule has 1 aliphatic rings. The van der Waals surface area contributed by atoms with Crippen LogP contribution in [0.5, 0.6) is 0 Å². The second kappa shape index (κ2) is 8.08. The summed E-state index contributed by atoms with van der Waals surface area (Å²) < 4.78 is 0. The second-order valence-electron chi connectivity index (χ2n) is 6.21. The Balaban J connectivity index is 1.75. The van der Waals surface area contributed by atoms with E-state index in [1.165, 1.54) is 11.1 Å². The Bertz CT molecular complexity index is 597. The monoisotopic (exact) mass is 323 g/mol. The van der Waals surface area contributed by atoms with E-state index in [-0.39, 0.29) is 11.9 Å². The van der Waals surface area contributed by atoms with Crippen molar-refractivity contribution in [2.75, 3.05) is 39.8 Å². The SMILES string of the molecule is CNC(=O)CN1CCN(C(c2ccccc2)c2ccccc2)CC1. The quantitative estimate of drug-likeness (QED) is 0.916. The highest BCUT2D eigenvalue weighted by Crippen LogP contribution is 2.29. The van der Waals surface area contributed by atoms with Crippen LogP contribution in [0.15, 0.2) is 60.7 Å². The topological polar surface area (TPSA) is 35.6 Å². The van der Waals surface area contributed by atoms with E-state index >= 15 is 0 Å². The summed E-state index contributed by atoms with van der Waals surface area (Å²) in [6, 6.07) is 21.6. The van der Waals surface area contributed by atoms with Crippen molar-refractivity contribution in [3.8, 4) is 0 Å². The van der Waals surface area contributed by atoms with Gasteiger partial charge in [0.25, 0.3) is 0 Å². The minimum absolute atomic E-state index is 0.0890. The molecule has 4 heteroatoms. The molecule has 1 heterocycles. The summed E-state index contributed by atoms with van der Waals surface area (Å²) in [6.45, 7) is 4.26. The van der Waals surface area contributed by atoms with E-state index in [4.69, 9.17) is 0 Å². The fourth-order valence-electron chi connectivity index (χ4n) is 3.35. The van der Waals surface area contributed by atoms with Crippen LogP contribution in [-0.2, 0) is 4.79 Å². The van der Waals surface area contributed by atoms with Crippen molar-refractivity contribution in [2.24, 2.45) is 0 Å². The summed E-state index contributed by atoms with van der Waals surface area (Å²) in [4.78, 5) is 16.3. The van der Waals surface area contributed by atoms with Gasteiger partial charge in [-0.2, -0.15) is 0 Å². The third kappa shape index (κ3) is 4.02. The molecule has 4 nitrogen and oxygen atoms in total. The van der Waals surface area contributed by atoms with E-state index in [1.807, 2.05) is 0 Å². The molecule has 1 aliphatic heterocycles. The zero-order valence-electron chi connectivity index (χ0n) is 14.2. The largest absolute Gasteiger partial charge is 0.358 e. The molecule has 0 atom stereocenters. The minimum Gasteiger partial charge on any atom is -0.358 e. The summed E-state index contributed by atoms with van der Waals surface area (Å²) in [5.41, 5.74) is 2.65. The van der Waals surface area contributed by atoms with E-state index < -0.39 is 0 Å². The maximum atomic E-state index is 11.6. The first-order valence-electron chi connectivity index (χ1n) is 8.55. The molecule has 3 rings (SSSR count). The van der Waals surface area contributed by atoms with Crippen LogP contribution in [0.1, 0.15) is 17.2 Å². The molecule has 1 N–H and O–H groups in total. The van der Waals surface area contributed by atoms with E-state index in [0.29, 0.717) is 6.54 Å². The van der Waals surface area contributed by atoms with Crippen molar-refractivity contribution >= 4 is 5.91 Å². The van der Waals surface area contributed by atoms with Gasteiger partial charge < -0.3 is 5.32 Å². The molecule has 126 valence electrons. The third-order valence-electron chi connectivity index (χ3n) is 4.65. The van der Waals surface area contributed by atoms with Crippen LogP contribution in [0.3, 0.4) is 0 Å². The predicted molar refractivity (Wildman–Crippen MR) is 96.8 cm³/mol. The van der Waals surface area contributed by atoms with Crippen molar-refractivity contribution in [3.63, 3.8) is 0 Å².